The first kappa shape index (κ1) is 26.0. The lowest BCUT2D eigenvalue weighted by atomic mass is 9.51. The van der Waals surface area contributed by atoms with Crippen LogP contribution in [-0.2, 0) is 9.53 Å². The maximum Gasteiger partial charge on any atom is 0.270 e. The number of nitrogens with one attached hydrogen (secondary N) is 2. The topological polar surface area (TPSA) is 104 Å². The van der Waals surface area contributed by atoms with Crippen molar-refractivity contribution in [3.05, 3.63) is 30.1 Å². The van der Waals surface area contributed by atoms with Gasteiger partial charge in [0.25, 0.3) is 5.91 Å². The standard InChI is InChI=1S/C27H42N4O4/c1-18(25(33)29-12-13-31-14-16-35-17-15-31)20-7-9-27(3)10-8-21(19(2)23(27)24(20)32)30-26(34)22-6-4-5-11-28-22/h4-6,11,18-21,23-24,32H,7-10,12-17H2,1-3H3,(H,29,33)(H,30,34). The average Bonchev–Trinajstić information content (AvgIpc) is 2.86. The summed E-state index contributed by atoms with van der Waals surface area (Å²) >= 11 is 0. The van der Waals surface area contributed by atoms with Gasteiger partial charge in [0.05, 0.1) is 19.3 Å². The van der Waals surface area contributed by atoms with Crippen molar-refractivity contribution < 1.29 is 19.4 Å². The van der Waals surface area contributed by atoms with Crippen LogP contribution in [0.25, 0.3) is 0 Å². The number of fused-ring (bicyclic) bond motifs is 1. The van der Waals surface area contributed by atoms with Crippen molar-refractivity contribution in [2.24, 2.45) is 29.1 Å². The van der Waals surface area contributed by atoms with Gasteiger partial charge in [0.2, 0.25) is 5.91 Å². The molecule has 7 atom stereocenters. The maximum absolute atomic E-state index is 13.0. The van der Waals surface area contributed by atoms with Gasteiger partial charge in [-0.3, -0.25) is 19.5 Å². The van der Waals surface area contributed by atoms with Crippen LogP contribution in [0.5, 0.6) is 0 Å². The minimum Gasteiger partial charge on any atom is -0.392 e. The molecule has 1 aliphatic heterocycles. The van der Waals surface area contributed by atoms with Crippen LogP contribution in [-0.4, -0.2) is 78.3 Å². The van der Waals surface area contributed by atoms with Gasteiger partial charge in [0.1, 0.15) is 5.69 Å². The fraction of sp³-hybridized carbons (Fsp3) is 0.741. The lowest BCUT2D eigenvalue weighted by Crippen LogP contribution is -2.58. The van der Waals surface area contributed by atoms with Crippen LogP contribution in [0.4, 0.5) is 0 Å². The van der Waals surface area contributed by atoms with Crippen LogP contribution in [0.15, 0.2) is 24.4 Å². The minimum absolute atomic E-state index is 0.0198. The van der Waals surface area contributed by atoms with E-state index in [-0.39, 0.29) is 46.9 Å². The molecule has 35 heavy (non-hydrogen) atoms. The molecule has 2 saturated carbocycles. The summed E-state index contributed by atoms with van der Waals surface area (Å²) in [4.78, 5) is 32.2. The summed E-state index contributed by atoms with van der Waals surface area (Å²) in [5, 5.41) is 17.9. The Hall–Kier alpha value is -2.03. The predicted molar refractivity (Wildman–Crippen MR) is 134 cm³/mol. The Bertz CT molecular complexity index is 862. The average molecular weight is 487 g/mol. The molecule has 3 N–H and O–H groups in total. The van der Waals surface area contributed by atoms with E-state index >= 15 is 0 Å². The van der Waals surface area contributed by atoms with Gasteiger partial charge in [-0.05, 0) is 61.0 Å². The van der Waals surface area contributed by atoms with Crippen molar-refractivity contribution in [1.82, 2.24) is 20.5 Å². The smallest absolute Gasteiger partial charge is 0.270 e. The Labute approximate surface area is 209 Å². The quantitative estimate of drug-likeness (QED) is 0.545. The zero-order valence-corrected chi connectivity index (χ0v) is 21.4. The van der Waals surface area contributed by atoms with E-state index in [1.807, 2.05) is 13.0 Å². The molecule has 3 fully saturated rings. The molecular weight excluding hydrogens is 444 g/mol. The molecule has 2 aliphatic carbocycles. The summed E-state index contributed by atoms with van der Waals surface area (Å²) < 4.78 is 5.38. The number of nitrogens with zero attached hydrogens (tertiary/aromatic N) is 2. The second-order valence-corrected chi connectivity index (χ2v) is 11.1. The number of aliphatic hydroxyl groups excluding tert-OH is 1. The normalized spacial score (nSPS) is 34.5. The van der Waals surface area contributed by atoms with E-state index in [0.29, 0.717) is 12.2 Å². The number of aromatic nitrogens is 1. The van der Waals surface area contributed by atoms with E-state index < -0.39 is 6.10 Å². The zero-order chi connectivity index (χ0) is 25.0. The van der Waals surface area contributed by atoms with Crippen LogP contribution >= 0.6 is 0 Å². The molecule has 1 aromatic rings. The number of ether oxygens (including phenoxy) is 1. The minimum atomic E-state index is -0.571. The predicted octanol–water partition coefficient (Wildman–Crippen LogP) is 2.09. The highest BCUT2D eigenvalue weighted by Gasteiger charge is 2.53. The summed E-state index contributed by atoms with van der Waals surface area (Å²) in [5.74, 6) is -0.335. The largest absolute Gasteiger partial charge is 0.392 e. The molecule has 7 unspecified atom stereocenters. The van der Waals surface area contributed by atoms with Crippen molar-refractivity contribution in [3.63, 3.8) is 0 Å². The number of hydrogen-bond acceptors (Lipinski definition) is 6. The molecule has 0 spiro atoms. The number of aliphatic hydroxyl groups is 1. The number of carbonyl (C=O) groups excluding carboxylic acids is 2. The summed E-state index contributed by atoms with van der Waals surface area (Å²) in [6.07, 6.45) is 4.75. The number of carbonyl (C=O) groups is 2. The van der Waals surface area contributed by atoms with Crippen LogP contribution in [0.2, 0.25) is 0 Å². The number of amides is 2. The molecule has 194 valence electrons. The molecule has 0 aromatic carbocycles. The SMILES string of the molecule is CC(C(=O)NCCN1CCOCC1)C1CCC2(C)CCC(NC(=O)c3ccccn3)C(C)C2C1O. The molecule has 1 aromatic heterocycles. The molecule has 4 rings (SSSR count). The summed E-state index contributed by atoms with van der Waals surface area (Å²) in [6, 6.07) is 5.31. The highest BCUT2D eigenvalue weighted by Crippen LogP contribution is 2.55. The molecular formula is C27H42N4O4. The third-order valence-electron chi connectivity index (χ3n) is 8.99. The number of morpholine rings is 1. The Morgan fingerprint density at radius 3 is 2.71 bits per heavy atom. The van der Waals surface area contributed by atoms with E-state index in [2.05, 4.69) is 34.4 Å². The fourth-order valence-corrected chi connectivity index (χ4v) is 6.75. The zero-order valence-electron chi connectivity index (χ0n) is 21.4. The van der Waals surface area contributed by atoms with Crippen LogP contribution < -0.4 is 10.6 Å². The molecule has 8 nitrogen and oxygen atoms in total. The molecule has 1 saturated heterocycles. The van der Waals surface area contributed by atoms with Gasteiger partial charge in [-0.1, -0.05) is 26.8 Å². The first-order valence-corrected chi connectivity index (χ1v) is 13.3. The molecule has 2 heterocycles. The fourth-order valence-electron chi connectivity index (χ4n) is 6.75. The summed E-state index contributed by atoms with van der Waals surface area (Å²) in [6.45, 7) is 11.1. The van der Waals surface area contributed by atoms with Gasteiger partial charge in [-0.25, -0.2) is 0 Å². The van der Waals surface area contributed by atoms with Crippen molar-refractivity contribution in [1.29, 1.82) is 0 Å². The van der Waals surface area contributed by atoms with E-state index in [9.17, 15) is 14.7 Å². The monoisotopic (exact) mass is 486 g/mol. The second kappa shape index (κ2) is 11.4. The Morgan fingerprint density at radius 1 is 1.26 bits per heavy atom. The molecule has 3 aliphatic rings. The Morgan fingerprint density at radius 2 is 2.00 bits per heavy atom. The van der Waals surface area contributed by atoms with Crippen molar-refractivity contribution in [3.8, 4) is 0 Å². The maximum atomic E-state index is 13.0. The summed E-state index contributed by atoms with van der Waals surface area (Å²) in [7, 11) is 0. The first-order chi connectivity index (χ1) is 16.8. The van der Waals surface area contributed by atoms with Gasteiger partial charge in [-0.2, -0.15) is 0 Å². The van der Waals surface area contributed by atoms with Crippen molar-refractivity contribution in [2.45, 2.75) is 58.6 Å². The lowest BCUT2D eigenvalue weighted by molar-refractivity contribution is -0.142. The van der Waals surface area contributed by atoms with Crippen molar-refractivity contribution >= 4 is 11.8 Å². The number of rotatable bonds is 7. The lowest BCUT2D eigenvalue weighted by Gasteiger charge is -2.56. The Balaban J connectivity index is 1.36. The van der Waals surface area contributed by atoms with Gasteiger partial charge in [0, 0.05) is 44.3 Å². The van der Waals surface area contributed by atoms with E-state index in [1.165, 1.54) is 0 Å². The van der Waals surface area contributed by atoms with Crippen LogP contribution in [0, 0.1) is 29.1 Å². The number of pyridine rings is 1. The van der Waals surface area contributed by atoms with Gasteiger partial charge in [0.15, 0.2) is 0 Å². The molecule has 0 bridgehead atoms. The highest BCUT2D eigenvalue weighted by atomic mass is 16.5. The Kier molecular flexibility index (Phi) is 8.45. The van der Waals surface area contributed by atoms with Crippen molar-refractivity contribution in [2.75, 3.05) is 39.4 Å². The molecule has 8 heteroatoms. The number of hydrogen-bond donors (Lipinski definition) is 3. The molecule has 0 radical (unpaired) electrons. The van der Waals surface area contributed by atoms with Gasteiger partial charge >= 0.3 is 0 Å². The molecule has 2 amide bonds. The third kappa shape index (κ3) is 5.87. The van der Waals surface area contributed by atoms with E-state index in [4.69, 9.17) is 4.74 Å². The van der Waals surface area contributed by atoms with Crippen LogP contribution in [0.1, 0.15) is 56.9 Å². The van der Waals surface area contributed by atoms with Gasteiger partial charge < -0.3 is 20.5 Å². The second-order valence-electron chi connectivity index (χ2n) is 11.1. The van der Waals surface area contributed by atoms with E-state index in [0.717, 1.165) is 58.5 Å². The first-order valence-electron chi connectivity index (χ1n) is 13.3. The summed E-state index contributed by atoms with van der Waals surface area (Å²) in [5.41, 5.74) is 0.436. The highest BCUT2D eigenvalue weighted by molar-refractivity contribution is 5.92. The van der Waals surface area contributed by atoms with E-state index in [1.54, 1.807) is 18.3 Å². The van der Waals surface area contributed by atoms with Crippen LogP contribution in [0.3, 0.4) is 0 Å². The van der Waals surface area contributed by atoms with Gasteiger partial charge in [-0.15, -0.1) is 0 Å². The third-order valence-corrected chi connectivity index (χ3v) is 8.99.